The number of hydrogen-bond donors (Lipinski definition) is 0. The van der Waals surface area contributed by atoms with Crippen molar-refractivity contribution in [3.05, 3.63) is 34.5 Å². The number of rotatable bonds is 4. The molecule has 0 aromatic carbocycles. The van der Waals surface area contributed by atoms with E-state index < -0.39 is 0 Å². The van der Waals surface area contributed by atoms with Gasteiger partial charge in [0.15, 0.2) is 0 Å². The van der Waals surface area contributed by atoms with Gasteiger partial charge in [-0.1, -0.05) is 0 Å². The quantitative estimate of drug-likeness (QED) is 0.779. The van der Waals surface area contributed by atoms with E-state index in [9.17, 15) is 4.79 Å². The molecule has 90 valence electrons. The number of thiazole rings is 1. The van der Waals surface area contributed by atoms with Gasteiger partial charge in [0.25, 0.3) is 0 Å². The van der Waals surface area contributed by atoms with Gasteiger partial charge >= 0.3 is 5.97 Å². The molecular formula is C11H13N3O2S. The topological polar surface area (TPSA) is 57.0 Å². The highest BCUT2D eigenvalue weighted by molar-refractivity contribution is 7.11. The van der Waals surface area contributed by atoms with E-state index in [0.29, 0.717) is 17.1 Å². The first-order valence-electron chi connectivity index (χ1n) is 5.25. The predicted octanol–water partition coefficient (Wildman–Crippen LogP) is 1.89. The van der Waals surface area contributed by atoms with Gasteiger partial charge in [-0.2, -0.15) is 5.10 Å². The van der Waals surface area contributed by atoms with E-state index in [1.165, 1.54) is 11.3 Å². The zero-order valence-electron chi connectivity index (χ0n) is 9.66. The van der Waals surface area contributed by atoms with Gasteiger partial charge in [-0.3, -0.25) is 4.68 Å². The van der Waals surface area contributed by atoms with Crippen LogP contribution in [0.25, 0.3) is 0 Å². The third-order valence-corrected chi connectivity index (χ3v) is 3.15. The van der Waals surface area contributed by atoms with Crippen molar-refractivity contribution in [2.45, 2.75) is 26.5 Å². The molecule has 0 aliphatic rings. The lowest BCUT2D eigenvalue weighted by molar-refractivity contribution is 0.0303. The lowest BCUT2D eigenvalue weighted by Gasteiger charge is -2.12. The summed E-state index contributed by atoms with van der Waals surface area (Å²) in [6.07, 6.45) is 3.31. The number of carbonyl (C=O) groups is 1. The van der Waals surface area contributed by atoms with E-state index in [1.54, 1.807) is 23.3 Å². The van der Waals surface area contributed by atoms with Gasteiger partial charge < -0.3 is 4.74 Å². The van der Waals surface area contributed by atoms with Crippen molar-refractivity contribution in [2.24, 2.45) is 0 Å². The van der Waals surface area contributed by atoms with E-state index in [4.69, 9.17) is 4.74 Å². The van der Waals surface area contributed by atoms with Crippen LogP contribution < -0.4 is 0 Å². The van der Waals surface area contributed by atoms with Gasteiger partial charge in [-0.05, 0) is 19.9 Å². The van der Waals surface area contributed by atoms with Gasteiger partial charge in [0.05, 0.1) is 17.7 Å². The van der Waals surface area contributed by atoms with E-state index in [0.717, 1.165) is 0 Å². The maximum Gasteiger partial charge on any atom is 0.350 e. The van der Waals surface area contributed by atoms with Gasteiger partial charge in [0.2, 0.25) is 0 Å². The van der Waals surface area contributed by atoms with E-state index >= 15 is 0 Å². The average molecular weight is 251 g/mol. The molecule has 0 spiro atoms. The molecule has 2 aromatic heterocycles. The highest BCUT2D eigenvalue weighted by Crippen LogP contribution is 2.14. The van der Waals surface area contributed by atoms with Crippen LogP contribution in [0.5, 0.6) is 0 Å². The largest absolute Gasteiger partial charge is 0.456 e. The van der Waals surface area contributed by atoms with Crippen molar-refractivity contribution in [1.82, 2.24) is 14.8 Å². The number of ether oxygens (including phenoxy) is 1. The summed E-state index contributed by atoms with van der Waals surface area (Å²) in [5.74, 6) is -0.315. The first-order chi connectivity index (χ1) is 8.16. The summed E-state index contributed by atoms with van der Waals surface area (Å²) < 4.78 is 7.05. The van der Waals surface area contributed by atoms with Crippen LogP contribution in [0.3, 0.4) is 0 Å². The molecule has 0 saturated heterocycles. The van der Waals surface area contributed by atoms with Crippen LogP contribution in [-0.4, -0.2) is 26.8 Å². The zero-order valence-corrected chi connectivity index (χ0v) is 10.5. The van der Waals surface area contributed by atoms with E-state index in [2.05, 4.69) is 10.1 Å². The fraction of sp³-hybridized carbons (Fsp3) is 0.364. The smallest absolute Gasteiger partial charge is 0.350 e. The Morgan fingerprint density at radius 1 is 1.65 bits per heavy atom. The SMILES string of the molecule is Cc1ncsc1C(=O)O[C@@H](C)Cn1cccn1. The maximum absolute atomic E-state index is 11.8. The minimum atomic E-state index is -0.315. The predicted molar refractivity (Wildman–Crippen MR) is 64.0 cm³/mol. The van der Waals surface area contributed by atoms with E-state index in [-0.39, 0.29) is 12.1 Å². The van der Waals surface area contributed by atoms with Crippen molar-refractivity contribution in [2.75, 3.05) is 0 Å². The van der Waals surface area contributed by atoms with Gasteiger partial charge in [0.1, 0.15) is 11.0 Å². The number of hydrogen-bond acceptors (Lipinski definition) is 5. The van der Waals surface area contributed by atoms with Crippen molar-refractivity contribution in [3.63, 3.8) is 0 Å². The lowest BCUT2D eigenvalue weighted by Crippen LogP contribution is -2.20. The molecule has 2 heterocycles. The Hall–Kier alpha value is -1.69. The number of aryl methyl sites for hydroxylation is 1. The molecule has 0 N–H and O–H groups in total. The molecule has 5 nitrogen and oxygen atoms in total. The molecule has 0 radical (unpaired) electrons. The standard InChI is InChI=1S/C11H13N3O2S/c1-8(6-14-5-3-4-13-14)16-11(15)10-9(2)12-7-17-10/h3-5,7-8H,6H2,1-2H3/t8-/m0/s1. The highest BCUT2D eigenvalue weighted by atomic mass is 32.1. The summed E-state index contributed by atoms with van der Waals surface area (Å²) in [5.41, 5.74) is 2.36. The molecule has 2 aromatic rings. The highest BCUT2D eigenvalue weighted by Gasteiger charge is 2.16. The number of nitrogens with zero attached hydrogens (tertiary/aromatic N) is 3. The number of esters is 1. The summed E-state index contributed by atoms with van der Waals surface area (Å²) >= 11 is 1.30. The van der Waals surface area contributed by atoms with E-state index in [1.807, 2.05) is 19.2 Å². The molecule has 1 atom stereocenters. The first kappa shape index (κ1) is 11.8. The molecule has 17 heavy (non-hydrogen) atoms. The molecule has 0 saturated carbocycles. The molecule has 0 bridgehead atoms. The van der Waals surface area contributed by atoms with Gasteiger partial charge in [0, 0.05) is 12.4 Å². The van der Waals surface area contributed by atoms with Crippen LogP contribution in [0.15, 0.2) is 24.0 Å². The van der Waals surface area contributed by atoms with Crippen molar-refractivity contribution < 1.29 is 9.53 Å². The number of carbonyl (C=O) groups excluding carboxylic acids is 1. The second-order valence-electron chi connectivity index (χ2n) is 3.71. The Balaban J connectivity index is 1.93. The van der Waals surface area contributed by atoms with Crippen LogP contribution in [0, 0.1) is 6.92 Å². The Morgan fingerprint density at radius 2 is 2.47 bits per heavy atom. The minimum Gasteiger partial charge on any atom is -0.456 e. The average Bonchev–Trinajstić information content (AvgIpc) is 2.88. The summed E-state index contributed by atoms with van der Waals surface area (Å²) in [6.45, 7) is 4.19. The molecule has 0 aliphatic heterocycles. The lowest BCUT2D eigenvalue weighted by atomic mass is 10.3. The second kappa shape index (κ2) is 5.09. The maximum atomic E-state index is 11.8. The summed E-state index contributed by atoms with van der Waals surface area (Å²) in [7, 11) is 0. The molecule has 0 amide bonds. The van der Waals surface area contributed by atoms with Crippen LogP contribution in [-0.2, 0) is 11.3 Å². The molecule has 0 aliphatic carbocycles. The third kappa shape index (κ3) is 2.91. The molecular weight excluding hydrogens is 238 g/mol. The van der Waals surface area contributed by atoms with Gasteiger partial charge in [-0.25, -0.2) is 9.78 Å². The minimum absolute atomic E-state index is 0.219. The number of aromatic nitrogens is 3. The molecule has 6 heteroatoms. The van der Waals surface area contributed by atoms with Crippen molar-refractivity contribution in [1.29, 1.82) is 0 Å². The monoisotopic (exact) mass is 251 g/mol. The molecule has 0 fully saturated rings. The Labute approximate surface area is 103 Å². The molecule has 0 unspecified atom stereocenters. The Morgan fingerprint density at radius 3 is 3.06 bits per heavy atom. The fourth-order valence-electron chi connectivity index (χ4n) is 1.44. The Kier molecular flexibility index (Phi) is 3.53. The first-order valence-corrected chi connectivity index (χ1v) is 6.13. The third-order valence-electron chi connectivity index (χ3n) is 2.24. The summed E-state index contributed by atoms with van der Waals surface area (Å²) in [6, 6.07) is 1.84. The van der Waals surface area contributed by atoms with Crippen LogP contribution in [0.2, 0.25) is 0 Å². The summed E-state index contributed by atoms with van der Waals surface area (Å²) in [4.78, 5) is 16.4. The Bertz CT molecular complexity index is 493. The zero-order chi connectivity index (χ0) is 12.3. The van der Waals surface area contributed by atoms with Crippen LogP contribution in [0.1, 0.15) is 22.3 Å². The van der Waals surface area contributed by atoms with Crippen molar-refractivity contribution >= 4 is 17.3 Å². The van der Waals surface area contributed by atoms with Crippen LogP contribution in [0.4, 0.5) is 0 Å². The van der Waals surface area contributed by atoms with Gasteiger partial charge in [-0.15, -0.1) is 11.3 Å². The second-order valence-corrected chi connectivity index (χ2v) is 4.57. The van der Waals surface area contributed by atoms with Crippen LogP contribution >= 0.6 is 11.3 Å². The summed E-state index contributed by atoms with van der Waals surface area (Å²) in [5, 5.41) is 4.06. The normalized spacial score (nSPS) is 12.4. The fourth-order valence-corrected chi connectivity index (χ4v) is 2.13. The molecule has 2 rings (SSSR count). The van der Waals surface area contributed by atoms with Crippen molar-refractivity contribution in [3.8, 4) is 0 Å².